The molecule has 6 rings (SSSR count). The molecule has 0 spiro atoms. The quantitative estimate of drug-likeness (QED) is 0.0930. The minimum absolute atomic E-state index is 0. The van der Waals surface area contributed by atoms with Crippen molar-refractivity contribution in [2.45, 2.75) is 134 Å². The third-order valence-electron chi connectivity index (χ3n) is 11.4. The van der Waals surface area contributed by atoms with Crippen molar-refractivity contribution in [1.82, 2.24) is 19.8 Å². The number of rotatable bonds is 15. The summed E-state index contributed by atoms with van der Waals surface area (Å²) in [6.45, 7) is 5.89. The number of hydrogen-bond donors (Lipinski definition) is 5. The maximum atomic E-state index is 12.5. The summed E-state index contributed by atoms with van der Waals surface area (Å²) >= 11 is 0. The van der Waals surface area contributed by atoms with E-state index in [0.29, 0.717) is 71.3 Å². The van der Waals surface area contributed by atoms with Crippen molar-refractivity contribution >= 4 is 35.4 Å². The molecule has 0 aromatic carbocycles. The number of nitrogens with zero attached hydrogens (tertiary/aromatic N) is 4. The van der Waals surface area contributed by atoms with E-state index in [1.54, 1.807) is 16.7 Å². The summed E-state index contributed by atoms with van der Waals surface area (Å²) < 4.78 is 4.93. The molecule has 0 saturated carbocycles. The molecule has 4 aliphatic rings. The van der Waals surface area contributed by atoms with E-state index in [9.17, 15) is 29.4 Å². The van der Waals surface area contributed by atoms with Crippen LogP contribution in [0.3, 0.4) is 0 Å². The second-order valence-corrected chi connectivity index (χ2v) is 15.9. The number of piperidine rings is 2. The van der Waals surface area contributed by atoms with Gasteiger partial charge in [-0.3, -0.25) is 19.2 Å². The first-order chi connectivity index (χ1) is 26.9. The molecule has 324 valence electrons. The van der Waals surface area contributed by atoms with Crippen LogP contribution in [0.4, 0.5) is 11.6 Å². The Bertz CT molecular complexity index is 1650. The van der Waals surface area contributed by atoms with Crippen molar-refractivity contribution in [3.63, 3.8) is 0 Å². The summed E-state index contributed by atoms with van der Waals surface area (Å²) in [6.07, 6.45) is 12.0. The summed E-state index contributed by atoms with van der Waals surface area (Å²) in [7, 11) is 0. The number of ether oxygens (including phenoxy) is 1. The molecule has 2 saturated heterocycles. The summed E-state index contributed by atoms with van der Waals surface area (Å²) in [4.78, 5) is 60.2. The number of hydrogen-bond acceptors (Lipinski definition) is 12. The molecule has 2 amide bonds. The van der Waals surface area contributed by atoms with Gasteiger partial charge in [0.2, 0.25) is 11.8 Å². The van der Waals surface area contributed by atoms with Crippen molar-refractivity contribution in [2.75, 3.05) is 56.5 Å². The van der Waals surface area contributed by atoms with E-state index in [2.05, 4.69) is 39.9 Å². The van der Waals surface area contributed by atoms with Gasteiger partial charge in [-0.25, -0.2) is 9.97 Å². The van der Waals surface area contributed by atoms with Crippen molar-refractivity contribution in [3.8, 4) is 0 Å². The Kier molecular flexibility index (Phi) is 21.8. The molecule has 8 N–H and O–H groups in total. The molecule has 17 heteroatoms. The zero-order valence-electron chi connectivity index (χ0n) is 35.1. The molecule has 0 radical (unpaired) electrons. The van der Waals surface area contributed by atoms with Crippen molar-refractivity contribution in [2.24, 2.45) is 0 Å². The second kappa shape index (κ2) is 25.1. The first kappa shape index (κ1) is 51.4. The van der Waals surface area contributed by atoms with Crippen LogP contribution in [0.15, 0.2) is 24.3 Å². The molecule has 4 aliphatic heterocycles. The van der Waals surface area contributed by atoms with E-state index in [1.807, 2.05) is 0 Å². The average Bonchev–Trinajstić information content (AvgIpc) is 3.18. The number of pyridine rings is 2. The Morgan fingerprint density at radius 3 is 1.54 bits per heavy atom. The van der Waals surface area contributed by atoms with E-state index >= 15 is 0 Å². The Morgan fingerprint density at radius 1 is 0.712 bits per heavy atom. The molecule has 2 fully saturated rings. The Balaban J connectivity index is 0.000000388. The Morgan fingerprint density at radius 2 is 1.14 bits per heavy atom. The van der Waals surface area contributed by atoms with Crippen molar-refractivity contribution in [1.29, 1.82) is 0 Å². The molecule has 0 atom stereocenters. The van der Waals surface area contributed by atoms with Crippen LogP contribution in [0.2, 0.25) is 0 Å². The number of aliphatic hydroxyl groups is 2. The summed E-state index contributed by atoms with van der Waals surface area (Å²) in [5, 5.41) is 36.3. The average molecular weight is 821 g/mol. The molecular formula is C42H65LiN6O10. The third kappa shape index (κ3) is 16.3. The first-order valence-electron chi connectivity index (χ1n) is 20.8. The fourth-order valence-electron chi connectivity index (χ4n) is 7.96. The number of carboxylic acid groups (broad SMARTS) is 1. The van der Waals surface area contributed by atoms with Crippen LogP contribution in [0.5, 0.6) is 0 Å². The number of anilines is 2. The van der Waals surface area contributed by atoms with E-state index in [1.165, 1.54) is 11.1 Å². The first-order valence-corrected chi connectivity index (χ1v) is 20.8. The minimum atomic E-state index is -1.17. The largest absolute Gasteiger partial charge is 1.00 e. The minimum Gasteiger partial charge on any atom is -0.870 e. The number of carbonyl (C=O) groups is 4. The summed E-state index contributed by atoms with van der Waals surface area (Å²) in [6, 6.07) is 8.51. The molecule has 16 nitrogen and oxygen atoms in total. The predicted octanol–water partition coefficient (Wildman–Crippen LogP) is 0.442. The molecule has 0 unspecified atom stereocenters. The monoisotopic (exact) mass is 820 g/mol. The van der Waals surface area contributed by atoms with Crippen molar-refractivity contribution in [3.05, 3.63) is 46.8 Å². The van der Waals surface area contributed by atoms with E-state index in [0.717, 1.165) is 100 Å². The maximum Gasteiger partial charge on any atom is 1.00 e. The summed E-state index contributed by atoms with van der Waals surface area (Å²) in [5.74, 6) is 0.880. The second-order valence-electron chi connectivity index (χ2n) is 15.9. The van der Waals surface area contributed by atoms with Gasteiger partial charge in [-0.1, -0.05) is 12.1 Å². The molecular weight excluding hydrogens is 755 g/mol. The number of esters is 1. The number of unbranched alkanes of at least 4 members (excludes halogenated alkanes) is 2. The number of nitrogens with one attached hydrogen (secondary N) is 2. The molecule has 0 aliphatic carbocycles. The van der Waals surface area contributed by atoms with Gasteiger partial charge in [0.05, 0.1) is 30.7 Å². The molecule has 2 aromatic rings. The maximum absolute atomic E-state index is 12.5. The van der Waals surface area contributed by atoms with Gasteiger partial charge in [-0.05, 0) is 120 Å². The fourth-order valence-corrected chi connectivity index (χ4v) is 7.96. The van der Waals surface area contributed by atoms with Crippen LogP contribution in [0.25, 0.3) is 0 Å². The SMILES string of the molecule is CCOC(=O)CC1(O)CCN(C(=O)CCCCc2ccc3c(n2)NCCC3)CC1.O.O=C(O)CC1(O)CCN(C(=O)CCCCc2ccc3c(n2)NCCC3)CC1.[Li+].[OH-]. The standard InChI is InChI=1S/C22H33N3O4.C20H29N3O4.Li.2H2O/c1-2-29-20(27)16-22(28)11-14-25(15-12-22)19(26)8-4-3-7-18-10-9-17-6-5-13-23-21(17)24-18;24-17(23-12-9-20(27,10-13-23)14-18(25)26)6-2-1-5-16-8-7-15-4-3-11-21-19(15)22-16;;;/h9-10,28H,2-8,11-16H2,1H3,(H,23,24);7-8,27H,1-6,9-14H2,(H,21,22)(H,25,26);;2*1H2/q;;+1;;/p-1. The fraction of sp³-hybridized carbons (Fsp3) is 0.667. The van der Waals surface area contributed by atoms with E-state index in [-0.39, 0.29) is 60.4 Å². The van der Waals surface area contributed by atoms with E-state index < -0.39 is 17.2 Å². The van der Waals surface area contributed by atoms with Crippen LogP contribution in [0.1, 0.15) is 119 Å². The van der Waals surface area contributed by atoms with Crippen LogP contribution < -0.4 is 29.5 Å². The smallest absolute Gasteiger partial charge is 0.870 e. The van der Waals surface area contributed by atoms with Crippen LogP contribution in [0, 0.1) is 0 Å². The Hall–Kier alpha value is -3.78. The van der Waals surface area contributed by atoms with E-state index in [4.69, 9.17) is 14.8 Å². The third-order valence-corrected chi connectivity index (χ3v) is 11.4. The molecule has 6 heterocycles. The van der Waals surface area contributed by atoms with Gasteiger partial charge in [0.1, 0.15) is 11.6 Å². The number of carbonyl (C=O) groups excluding carboxylic acids is 3. The molecule has 2 aromatic heterocycles. The normalized spacial score (nSPS) is 17.3. The number of likely N-dealkylation sites (tertiary alicyclic amines) is 2. The predicted molar refractivity (Wildman–Crippen MR) is 218 cm³/mol. The number of fused-ring (bicyclic) bond motifs is 2. The molecule has 59 heavy (non-hydrogen) atoms. The van der Waals surface area contributed by atoms with Gasteiger partial charge in [-0.2, -0.15) is 0 Å². The van der Waals surface area contributed by atoms with Gasteiger partial charge < -0.3 is 51.4 Å². The van der Waals surface area contributed by atoms with Crippen LogP contribution in [-0.4, -0.2) is 127 Å². The Labute approximate surface area is 360 Å². The summed E-state index contributed by atoms with van der Waals surface area (Å²) in [5.41, 5.74) is 2.50. The van der Waals surface area contributed by atoms with Gasteiger partial charge in [-0.15, -0.1) is 0 Å². The number of carboxylic acids is 1. The van der Waals surface area contributed by atoms with Gasteiger partial charge in [0.25, 0.3) is 0 Å². The van der Waals surface area contributed by atoms with Gasteiger partial charge in [0, 0.05) is 63.5 Å². The topological polar surface area (TPSA) is 256 Å². The zero-order chi connectivity index (χ0) is 40.0. The number of aromatic nitrogens is 2. The number of aliphatic carboxylic acids is 1. The number of aryl methyl sites for hydroxylation is 4. The van der Waals surface area contributed by atoms with Crippen LogP contribution >= 0.6 is 0 Å². The van der Waals surface area contributed by atoms with Crippen molar-refractivity contribution < 1.29 is 69.0 Å². The zero-order valence-corrected chi connectivity index (χ0v) is 35.1. The number of amides is 2. The van der Waals surface area contributed by atoms with Gasteiger partial charge >= 0.3 is 30.8 Å². The van der Waals surface area contributed by atoms with Crippen LogP contribution in [-0.2, 0) is 49.6 Å². The van der Waals surface area contributed by atoms with Gasteiger partial charge in [0.15, 0.2) is 0 Å². The molecule has 0 bridgehead atoms.